The SMILES string of the molecule is [N-]=[N+]=NCC1CC(=O)N(CCN2CCNCC2)C1. The van der Waals surface area contributed by atoms with Crippen LogP contribution in [-0.2, 0) is 4.79 Å². The lowest BCUT2D eigenvalue weighted by Crippen LogP contribution is -2.46. The summed E-state index contributed by atoms with van der Waals surface area (Å²) in [5, 5.41) is 6.87. The van der Waals surface area contributed by atoms with Crippen molar-refractivity contribution in [2.75, 3.05) is 52.4 Å². The van der Waals surface area contributed by atoms with Crippen molar-refractivity contribution in [2.45, 2.75) is 6.42 Å². The molecule has 2 aliphatic heterocycles. The van der Waals surface area contributed by atoms with Gasteiger partial charge in [0.25, 0.3) is 0 Å². The van der Waals surface area contributed by atoms with Crippen molar-refractivity contribution in [3.8, 4) is 0 Å². The Kier molecular flexibility index (Phi) is 4.81. The summed E-state index contributed by atoms with van der Waals surface area (Å²) in [6, 6.07) is 0. The van der Waals surface area contributed by atoms with Crippen molar-refractivity contribution in [3.63, 3.8) is 0 Å². The molecule has 2 fully saturated rings. The second-order valence-corrected chi connectivity index (χ2v) is 4.91. The lowest BCUT2D eigenvalue weighted by molar-refractivity contribution is -0.127. The highest BCUT2D eigenvalue weighted by Crippen LogP contribution is 2.17. The lowest BCUT2D eigenvalue weighted by atomic mass is 10.1. The van der Waals surface area contributed by atoms with Gasteiger partial charge in [0.15, 0.2) is 0 Å². The van der Waals surface area contributed by atoms with Gasteiger partial charge in [-0.05, 0) is 11.4 Å². The second-order valence-electron chi connectivity index (χ2n) is 4.91. The van der Waals surface area contributed by atoms with Crippen molar-refractivity contribution < 1.29 is 4.79 Å². The third-order valence-corrected chi connectivity index (χ3v) is 3.59. The Bertz CT molecular complexity index is 334. The van der Waals surface area contributed by atoms with E-state index in [0.29, 0.717) is 13.0 Å². The molecule has 1 atom stereocenters. The van der Waals surface area contributed by atoms with Crippen LogP contribution in [0.5, 0.6) is 0 Å². The molecular weight excluding hydrogens is 232 g/mol. The Labute approximate surface area is 107 Å². The molecule has 0 bridgehead atoms. The lowest BCUT2D eigenvalue weighted by Gasteiger charge is -2.29. The average Bonchev–Trinajstić information content (AvgIpc) is 2.76. The fourth-order valence-corrected chi connectivity index (χ4v) is 2.54. The first kappa shape index (κ1) is 13.1. The van der Waals surface area contributed by atoms with E-state index < -0.39 is 0 Å². The highest BCUT2D eigenvalue weighted by Gasteiger charge is 2.28. The number of azide groups is 1. The standard InChI is InChI=1S/C11H20N6O/c12-15-14-8-10-7-11(18)17(9-10)6-5-16-3-1-13-2-4-16/h10,13H,1-9H2. The quantitative estimate of drug-likeness (QED) is 0.426. The zero-order valence-electron chi connectivity index (χ0n) is 10.6. The van der Waals surface area contributed by atoms with Gasteiger partial charge >= 0.3 is 0 Å². The van der Waals surface area contributed by atoms with E-state index in [1.165, 1.54) is 0 Å². The summed E-state index contributed by atoms with van der Waals surface area (Å²) in [6.07, 6.45) is 0.528. The second kappa shape index (κ2) is 6.58. The van der Waals surface area contributed by atoms with Gasteiger partial charge in [0.05, 0.1) is 0 Å². The summed E-state index contributed by atoms with van der Waals surface area (Å²) in [5.41, 5.74) is 8.28. The van der Waals surface area contributed by atoms with Gasteiger partial charge in [0.1, 0.15) is 0 Å². The van der Waals surface area contributed by atoms with Crippen LogP contribution in [0.2, 0.25) is 0 Å². The molecular formula is C11H20N6O. The van der Waals surface area contributed by atoms with Gasteiger partial charge in [-0.2, -0.15) is 0 Å². The first-order valence-corrected chi connectivity index (χ1v) is 6.51. The highest BCUT2D eigenvalue weighted by molar-refractivity contribution is 5.78. The molecule has 0 aromatic heterocycles. The minimum absolute atomic E-state index is 0.197. The van der Waals surface area contributed by atoms with E-state index in [1.807, 2.05) is 4.90 Å². The molecule has 100 valence electrons. The first-order valence-electron chi connectivity index (χ1n) is 6.51. The van der Waals surface area contributed by atoms with Crippen LogP contribution in [0.1, 0.15) is 6.42 Å². The van der Waals surface area contributed by atoms with E-state index in [4.69, 9.17) is 5.53 Å². The Morgan fingerprint density at radius 3 is 2.89 bits per heavy atom. The van der Waals surface area contributed by atoms with Crippen LogP contribution in [-0.4, -0.2) is 68.1 Å². The Hall–Kier alpha value is -1.30. The third-order valence-electron chi connectivity index (χ3n) is 3.59. The normalized spacial score (nSPS) is 25.2. The predicted octanol–water partition coefficient (Wildman–Crippen LogP) is 0.0504. The summed E-state index contributed by atoms with van der Waals surface area (Å²) in [7, 11) is 0. The molecule has 7 heteroatoms. The molecule has 2 aliphatic rings. The van der Waals surface area contributed by atoms with Crippen molar-refractivity contribution in [3.05, 3.63) is 10.4 Å². The van der Waals surface area contributed by atoms with E-state index in [0.717, 1.165) is 45.8 Å². The van der Waals surface area contributed by atoms with E-state index in [1.54, 1.807) is 0 Å². The maximum absolute atomic E-state index is 11.8. The van der Waals surface area contributed by atoms with Gasteiger partial charge in [-0.25, -0.2) is 0 Å². The molecule has 0 aromatic rings. The van der Waals surface area contributed by atoms with Gasteiger partial charge in [-0.1, -0.05) is 5.11 Å². The van der Waals surface area contributed by atoms with Gasteiger partial charge < -0.3 is 10.2 Å². The zero-order valence-corrected chi connectivity index (χ0v) is 10.6. The Morgan fingerprint density at radius 2 is 2.17 bits per heavy atom. The average molecular weight is 252 g/mol. The van der Waals surface area contributed by atoms with Crippen LogP contribution in [0.4, 0.5) is 0 Å². The van der Waals surface area contributed by atoms with E-state index in [9.17, 15) is 4.79 Å². The molecule has 0 aromatic carbocycles. The summed E-state index contributed by atoms with van der Waals surface area (Å²) in [4.78, 5) is 18.8. The molecule has 7 nitrogen and oxygen atoms in total. The molecule has 0 aliphatic carbocycles. The van der Waals surface area contributed by atoms with E-state index in [2.05, 4.69) is 20.2 Å². The molecule has 2 saturated heterocycles. The smallest absolute Gasteiger partial charge is 0.222 e. The van der Waals surface area contributed by atoms with Crippen LogP contribution in [0.25, 0.3) is 10.4 Å². The Morgan fingerprint density at radius 1 is 1.39 bits per heavy atom. The van der Waals surface area contributed by atoms with Gasteiger partial charge in [0.2, 0.25) is 5.91 Å². The fraction of sp³-hybridized carbons (Fsp3) is 0.909. The number of amides is 1. The molecule has 18 heavy (non-hydrogen) atoms. The summed E-state index contributed by atoms with van der Waals surface area (Å²) in [5.74, 6) is 0.402. The van der Waals surface area contributed by atoms with Crippen LogP contribution in [0.15, 0.2) is 5.11 Å². The van der Waals surface area contributed by atoms with Crippen molar-refractivity contribution >= 4 is 5.91 Å². The molecule has 0 radical (unpaired) electrons. The van der Waals surface area contributed by atoms with E-state index in [-0.39, 0.29) is 11.8 Å². The zero-order chi connectivity index (χ0) is 12.8. The molecule has 1 N–H and O–H groups in total. The van der Waals surface area contributed by atoms with E-state index >= 15 is 0 Å². The topological polar surface area (TPSA) is 84.3 Å². The maximum atomic E-state index is 11.8. The van der Waals surface area contributed by atoms with Crippen LogP contribution >= 0.6 is 0 Å². The minimum Gasteiger partial charge on any atom is -0.341 e. The molecule has 2 heterocycles. The third kappa shape index (κ3) is 3.60. The summed E-state index contributed by atoms with van der Waals surface area (Å²) in [6.45, 7) is 7.11. The summed E-state index contributed by atoms with van der Waals surface area (Å²) < 4.78 is 0. The number of carbonyl (C=O) groups excluding carboxylic acids is 1. The number of hydrogen-bond donors (Lipinski definition) is 1. The number of nitrogens with zero attached hydrogens (tertiary/aromatic N) is 5. The Balaban J connectivity index is 1.72. The minimum atomic E-state index is 0.197. The van der Waals surface area contributed by atoms with Gasteiger partial charge in [0, 0.05) is 63.7 Å². The number of carbonyl (C=O) groups is 1. The van der Waals surface area contributed by atoms with Gasteiger partial charge in [-0.3, -0.25) is 9.69 Å². The number of piperazine rings is 1. The number of nitrogens with one attached hydrogen (secondary N) is 1. The number of rotatable bonds is 5. The van der Waals surface area contributed by atoms with Gasteiger partial charge in [-0.15, -0.1) is 0 Å². The van der Waals surface area contributed by atoms with Crippen molar-refractivity contribution in [1.29, 1.82) is 0 Å². The van der Waals surface area contributed by atoms with Crippen molar-refractivity contribution in [1.82, 2.24) is 15.1 Å². The monoisotopic (exact) mass is 252 g/mol. The molecule has 1 amide bonds. The van der Waals surface area contributed by atoms with Crippen LogP contribution < -0.4 is 5.32 Å². The fourth-order valence-electron chi connectivity index (χ4n) is 2.54. The highest BCUT2D eigenvalue weighted by atomic mass is 16.2. The number of likely N-dealkylation sites (tertiary alicyclic amines) is 1. The largest absolute Gasteiger partial charge is 0.341 e. The molecule has 0 spiro atoms. The van der Waals surface area contributed by atoms with Crippen LogP contribution in [0, 0.1) is 5.92 Å². The number of hydrogen-bond acceptors (Lipinski definition) is 4. The molecule has 2 rings (SSSR count). The van der Waals surface area contributed by atoms with Crippen LogP contribution in [0.3, 0.4) is 0 Å². The van der Waals surface area contributed by atoms with Crippen molar-refractivity contribution in [2.24, 2.45) is 11.0 Å². The summed E-state index contributed by atoms with van der Waals surface area (Å²) >= 11 is 0. The molecule has 1 unspecified atom stereocenters. The first-order chi connectivity index (χ1) is 8.79. The molecule has 0 saturated carbocycles. The predicted molar refractivity (Wildman–Crippen MR) is 68.0 cm³/mol. The maximum Gasteiger partial charge on any atom is 0.222 e.